The highest BCUT2D eigenvalue weighted by Gasteiger charge is 2.15. The van der Waals surface area contributed by atoms with Crippen molar-refractivity contribution >= 4 is 54.2 Å². The molecule has 5 nitrogen and oxygen atoms in total. The van der Waals surface area contributed by atoms with Crippen molar-refractivity contribution in [3.63, 3.8) is 0 Å². The molecule has 0 bridgehead atoms. The Hall–Kier alpha value is -2.90. The van der Waals surface area contributed by atoms with Crippen LogP contribution in [0.1, 0.15) is 16.7 Å². The Labute approximate surface area is 196 Å². The Bertz CT molecular complexity index is 1160. The summed E-state index contributed by atoms with van der Waals surface area (Å²) in [4.78, 5) is 0. The number of hydrogen-bond donors (Lipinski definition) is 2. The fraction of sp³-hybridized carbons (Fsp3) is 0.0833. The summed E-state index contributed by atoms with van der Waals surface area (Å²) in [5.74, 6) is 0. The second kappa shape index (κ2) is 9.49. The maximum Gasteiger partial charge on any atom is 0.106 e. The minimum atomic E-state index is 0.405. The fourth-order valence-electron chi connectivity index (χ4n) is 3.60. The van der Waals surface area contributed by atoms with E-state index in [2.05, 4.69) is 46.7 Å². The maximum atomic E-state index is 9.66. The van der Waals surface area contributed by atoms with Gasteiger partial charge in [-0.3, -0.25) is 0 Å². The third kappa shape index (κ3) is 4.73. The van der Waals surface area contributed by atoms with Crippen molar-refractivity contribution in [2.75, 3.05) is 0 Å². The number of para-hydroxylation sites is 1. The molecule has 7 heteroatoms. The first kappa shape index (κ1) is 21.3. The molecule has 4 rings (SSSR count). The van der Waals surface area contributed by atoms with Crippen LogP contribution >= 0.6 is 31.9 Å². The van der Waals surface area contributed by atoms with Gasteiger partial charge in [-0.15, -0.1) is 0 Å². The number of oxime groups is 2. The van der Waals surface area contributed by atoms with Gasteiger partial charge < -0.3 is 15.0 Å². The van der Waals surface area contributed by atoms with Gasteiger partial charge in [-0.25, -0.2) is 0 Å². The van der Waals surface area contributed by atoms with Gasteiger partial charge in [0.05, 0.1) is 12.3 Å². The predicted molar refractivity (Wildman–Crippen MR) is 131 cm³/mol. The van der Waals surface area contributed by atoms with Crippen LogP contribution in [0.5, 0.6) is 0 Å². The van der Waals surface area contributed by atoms with Crippen LogP contribution in [0.25, 0.3) is 10.9 Å². The van der Waals surface area contributed by atoms with Crippen molar-refractivity contribution in [3.8, 4) is 0 Å². The number of rotatable bonds is 6. The predicted octanol–water partition coefficient (Wildman–Crippen LogP) is 6.47. The molecule has 0 spiro atoms. The summed E-state index contributed by atoms with van der Waals surface area (Å²) >= 11 is 6.86. The number of aromatic nitrogens is 1. The van der Waals surface area contributed by atoms with Crippen LogP contribution in [0.2, 0.25) is 0 Å². The topological polar surface area (TPSA) is 70.1 Å². The molecule has 1 heterocycles. The minimum Gasteiger partial charge on any atom is -0.411 e. The zero-order valence-electron chi connectivity index (χ0n) is 16.4. The van der Waals surface area contributed by atoms with Crippen LogP contribution in [-0.4, -0.2) is 26.4 Å². The summed E-state index contributed by atoms with van der Waals surface area (Å²) in [5, 5.41) is 27.5. The molecular weight excluding hydrogens is 522 g/mol. The van der Waals surface area contributed by atoms with E-state index in [1.807, 2.05) is 79.0 Å². The van der Waals surface area contributed by atoms with Crippen LogP contribution < -0.4 is 0 Å². The lowest BCUT2D eigenvalue weighted by molar-refractivity contribution is 0.317. The summed E-state index contributed by atoms with van der Waals surface area (Å²) in [6, 6.07) is 23.4. The highest BCUT2D eigenvalue weighted by atomic mass is 79.9. The Balaban J connectivity index is 1.68. The molecule has 4 aromatic rings. The van der Waals surface area contributed by atoms with E-state index in [-0.39, 0.29) is 0 Å². The number of nitrogens with zero attached hydrogens (tertiary/aromatic N) is 3. The van der Waals surface area contributed by atoms with Gasteiger partial charge in [0, 0.05) is 38.0 Å². The van der Waals surface area contributed by atoms with Gasteiger partial charge in [-0.1, -0.05) is 84.6 Å². The molecule has 0 aliphatic carbocycles. The Morgan fingerprint density at radius 1 is 0.742 bits per heavy atom. The van der Waals surface area contributed by atoms with Gasteiger partial charge in [0.25, 0.3) is 0 Å². The van der Waals surface area contributed by atoms with Crippen LogP contribution in [0.15, 0.2) is 98.3 Å². The zero-order chi connectivity index (χ0) is 21.8. The first-order valence-corrected chi connectivity index (χ1v) is 11.2. The molecule has 0 saturated heterocycles. The van der Waals surface area contributed by atoms with Gasteiger partial charge in [-0.2, -0.15) is 0 Å². The van der Waals surface area contributed by atoms with Gasteiger partial charge in [-0.05, 0) is 41.5 Å². The second-order valence-electron chi connectivity index (χ2n) is 7.08. The first-order valence-electron chi connectivity index (χ1n) is 9.59. The van der Waals surface area contributed by atoms with Gasteiger partial charge in [0.1, 0.15) is 5.71 Å². The lowest BCUT2D eigenvalue weighted by Crippen LogP contribution is -2.11. The van der Waals surface area contributed by atoms with E-state index >= 15 is 0 Å². The van der Waals surface area contributed by atoms with Gasteiger partial charge in [0.15, 0.2) is 0 Å². The molecule has 3 aromatic carbocycles. The number of halogens is 2. The first-order chi connectivity index (χ1) is 15.1. The summed E-state index contributed by atoms with van der Waals surface area (Å²) in [5.41, 5.74) is 4.89. The number of fused-ring (bicyclic) bond motifs is 1. The quantitative estimate of drug-likeness (QED) is 0.167. The molecule has 0 fully saturated rings. The molecule has 0 aliphatic heterocycles. The van der Waals surface area contributed by atoms with E-state index in [0.717, 1.165) is 36.5 Å². The van der Waals surface area contributed by atoms with E-state index < -0.39 is 0 Å². The minimum absolute atomic E-state index is 0.405. The van der Waals surface area contributed by atoms with Crippen molar-refractivity contribution in [2.24, 2.45) is 10.3 Å². The molecule has 156 valence electrons. The maximum absolute atomic E-state index is 9.66. The Kier molecular flexibility index (Phi) is 6.53. The largest absolute Gasteiger partial charge is 0.411 e. The molecule has 0 atom stereocenters. The summed E-state index contributed by atoms with van der Waals surface area (Å²) < 4.78 is 3.98. The second-order valence-corrected chi connectivity index (χ2v) is 8.91. The van der Waals surface area contributed by atoms with Gasteiger partial charge in [0.2, 0.25) is 0 Å². The number of benzene rings is 3. The molecule has 1 aromatic heterocycles. The van der Waals surface area contributed by atoms with E-state index in [0.29, 0.717) is 24.4 Å². The average Bonchev–Trinajstić information content (AvgIpc) is 3.14. The molecule has 2 N–H and O–H groups in total. The van der Waals surface area contributed by atoms with Crippen molar-refractivity contribution in [1.29, 1.82) is 0 Å². The molecule has 0 amide bonds. The standard InChI is InChI=1S/C24H19Br2N3O2/c25-19-9-5-16(6-10-19)22(27-30)13-18-14-29(24-4-2-1-3-21(18)24)15-23(28-31)17-7-11-20(26)12-8-17/h1-12,14,30-31H,13,15H2/b27-22+,28-23+. The zero-order valence-corrected chi connectivity index (χ0v) is 19.6. The van der Waals surface area contributed by atoms with Crippen molar-refractivity contribution in [3.05, 3.63) is 105 Å². The molecule has 0 radical (unpaired) electrons. The van der Waals surface area contributed by atoms with Gasteiger partial charge >= 0.3 is 0 Å². The summed E-state index contributed by atoms with van der Waals surface area (Å²) in [7, 11) is 0. The van der Waals surface area contributed by atoms with E-state index in [4.69, 9.17) is 0 Å². The highest BCUT2D eigenvalue weighted by molar-refractivity contribution is 9.10. The molecule has 0 aliphatic rings. The third-order valence-corrected chi connectivity index (χ3v) is 6.20. The third-order valence-electron chi connectivity index (χ3n) is 5.15. The Morgan fingerprint density at radius 3 is 1.87 bits per heavy atom. The highest BCUT2D eigenvalue weighted by Crippen LogP contribution is 2.24. The SMILES string of the molecule is O/N=C(\Cn1cc(C/C(=N\O)c2ccc(Br)cc2)c2ccccc21)c1ccc(Br)cc1. The van der Waals surface area contributed by atoms with Crippen molar-refractivity contribution < 1.29 is 10.4 Å². The van der Waals surface area contributed by atoms with Crippen LogP contribution in [-0.2, 0) is 13.0 Å². The fourth-order valence-corrected chi connectivity index (χ4v) is 4.13. The monoisotopic (exact) mass is 539 g/mol. The smallest absolute Gasteiger partial charge is 0.106 e. The van der Waals surface area contributed by atoms with Crippen LogP contribution in [0.3, 0.4) is 0 Å². The lowest BCUT2D eigenvalue weighted by atomic mass is 10.0. The van der Waals surface area contributed by atoms with E-state index in [1.54, 1.807) is 0 Å². The van der Waals surface area contributed by atoms with Crippen molar-refractivity contribution in [2.45, 2.75) is 13.0 Å². The van der Waals surface area contributed by atoms with E-state index in [1.165, 1.54) is 0 Å². The number of hydrogen-bond acceptors (Lipinski definition) is 4. The summed E-state index contributed by atoms with van der Waals surface area (Å²) in [6.45, 7) is 0.405. The molecular formula is C24H19Br2N3O2. The molecule has 31 heavy (non-hydrogen) atoms. The molecule has 0 saturated carbocycles. The molecule has 0 unspecified atom stereocenters. The lowest BCUT2D eigenvalue weighted by Gasteiger charge is -2.08. The van der Waals surface area contributed by atoms with E-state index in [9.17, 15) is 10.4 Å². The van der Waals surface area contributed by atoms with Crippen molar-refractivity contribution in [1.82, 2.24) is 4.57 Å². The van der Waals surface area contributed by atoms with Crippen LogP contribution in [0.4, 0.5) is 0 Å². The van der Waals surface area contributed by atoms with Crippen LogP contribution in [0, 0.1) is 0 Å². The Morgan fingerprint density at radius 2 is 1.29 bits per heavy atom. The normalized spacial score (nSPS) is 12.5. The average molecular weight is 541 g/mol. The summed E-state index contributed by atoms with van der Waals surface area (Å²) in [6.07, 6.45) is 2.49.